The van der Waals surface area contributed by atoms with Crippen LogP contribution < -0.4 is 14.4 Å². The lowest BCUT2D eigenvalue weighted by Gasteiger charge is -2.28. The summed E-state index contributed by atoms with van der Waals surface area (Å²) in [5.41, 5.74) is 1.89. The summed E-state index contributed by atoms with van der Waals surface area (Å²) in [6.45, 7) is 23.5. The van der Waals surface area contributed by atoms with E-state index in [0.29, 0.717) is 17.1 Å². The molecule has 1 unspecified atom stereocenters. The monoisotopic (exact) mass is 536 g/mol. The van der Waals surface area contributed by atoms with Crippen molar-refractivity contribution in [2.45, 2.75) is 52.1 Å². The van der Waals surface area contributed by atoms with Crippen molar-refractivity contribution in [3.8, 4) is 17.6 Å². The lowest BCUT2D eigenvalue weighted by atomic mass is 9.87. The Labute approximate surface area is 238 Å². The van der Waals surface area contributed by atoms with Gasteiger partial charge < -0.3 is 19.1 Å². The molecule has 0 aromatic heterocycles. The van der Waals surface area contributed by atoms with Crippen molar-refractivity contribution in [2.75, 3.05) is 32.2 Å². The van der Waals surface area contributed by atoms with Crippen LogP contribution in [-0.4, -0.2) is 27.3 Å². The summed E-state index contributed by atoms with van der Waals surface area (Å²) < 4.78 is 17.9. The van der Waals surface area contributed by atoms with Gasteiger partial charge in [-0.2, -0.15) is 0 Å². The third-order valence-corrected chi connectivity index (χ3v) is 7.03. The second-order valence-electron chi connectivity index (χ2n) is 9.57. The highest BCUT2D eigenvalue weighted by Gasteiger charge is 2.43. The summed E-state index contributed by atoms with van der Waals surface area (Å²) in [7, 11) is 3.26. The zero-order valence-corrected chi connectivity index (χ0v) is 24.0. The summed E-state index contributed by atoms with van der Waals surface area (Å²) >= 11 is 0. The Bertz CT molecular complexity index is 1370. The van der Waals surface area contributed by atoms with Gasteiger partial charge in [-0.05, 0) is 31.4 Å². The number of hydrogen-bond donors (Lipinski definition) is 0. The lowest BCUT2D eigenvalue weighted by Crippen LogP contribution is -2.25. The zero-order chi connectivity index (χ0) is 29.1. The van der Waals surface area contributed by atoms with E-state index in [-0.39, 0.29) is 17.2 Å². The largest absolute Gasteiger partial charge is 0.500 e. The van der Waals surface area contributed by atoms with Gasteiger partial charge >= 0.3 is 0 Å². The molecule has 3 rings (SSSR count). The fourth-order valence-electron chi connectivity index (χ4n) is 4.77. The second-order valence-corrected chi connectivity index (χ2v) is 9.57. The molecule has 206 valence electrons. The molecule has 1 heterocycles. The molecular weight excluding hydrogens is 500 g/mol. The van der Waals surface area contributed by atoms with Crippen LogP contribution in [0.3, 0.4) is 0 Å². The van der Waals surface area contributed by atoms with Crippen molar-refractivity contribution in [3.05, 3.63) is 105 Å². The second kappa shape index (κ2) is 13.9. The Balaban J connectivity index is 2.19. The van der Waals surface area contributed by atoms with Crippen LogP contribution in [0.25, 0.3) is 15.8 Å². The summed E-state index contributed by atoms with van der Waals surface area (Å²) in [4.78, 5) is 9.40. The number of anilines is 1. The van der Waals surface area contributed by atoms with E-state index < -0.39 is 5.60 Å². The quantitative estimate of drug-likeness (QED) is 0.204. The van der Waals surface area contributed by atoms with Gasteiger partial charge in [0.1, 0.15) is 22.9 Å². The molecule has 0 fully saturated rings. The summed E-state index contributed by atoms with van der Waals surface area (Å²) in [6.07, 6.45) is 8.05. The highest BCUT2D eigenvalue weighted by molar-refractivity contribution is 5.73. The van der Waals surface area contributed by atoms with Crippen molar-refractivity contribution in [3.63, 3.8) is 0 Å². The van der Waals surface area contributed by atoms with Crippen LogP contribution >= 0.6 is 0 Å². The van der Waals surface area contributed by atoms with E-state index in [1.54, 1.807) is 20.3 Å². The molecule has 0 bridgehead atoms. The molecule has 0 saturated heterocycles. The predicted molar refractivity (Wildman–Crippen MR) is 158 cm³/mol. The van der Waals surface area contributed by atoms with Crippen LogP contribution in [0.15, 0.2) is 71.3 Å². The molecule has 0 aliphatic carbocycles. The van der Waals surface area contributed by atoms with Gasteiger partial charge in [-0.3, -0.25) is 0 Å². The molecular formula is C33H36N4O3. The number of nitriles is 1. The Kier molecular flexibility index (Phi) is 10.4. The highest BCUT2D eigenvalue weighted by atomic mass is 16.5. The molecule has 0 N–H and O–H groups in total. The highest BCUT2D eigenvalue weighted by Crippen LogP contribution is 2.48. The van der Waals surface area contributed by atoms with E-state index in [9.17, 15) is 5.26 Å². The standard InChI is InChI=1S/C33H36N4O3/c1-8-10-19-37(20-11-9-2)25-21-29(38-6)26(30(22-25)39-7)17-18-27-31(36-5)32(28(23-34)35-4)40-33(27,3)24-15-13-12-14-16-24/h12-18,21-22H,8-11,19-20H2,1-3,6-7H3/b18-17+,32-28+. The average molecular weight is 537 g/mol. The molecule has 0 radical (unpaired) electrons. The Morgan fingerprint density at radius 2 is 1.62 bits per heavy atom. The molecule has 40 heavy (non-hydrogen) atoms. The maximum atomic E-state index is 9.57. The SMILES string of the molecule is [C-]#[N+]C1=C(/C=C/c2c(OC)cc(N(CCCC)CCCC)cc2OC)C(C)(c2ccccc2)O/C1=C(\C#N)[N+]#[C-]. The first kappa shape index (κ1) is 29.9. The van der Waals surface area contributed by atoms with Gasteiger partial charge in [0, 0.05) is 36.5 Å². The molecule has 1 aliphatic heterocycles. The van der Waals surface area contributed by atoms with E-state index in [1.165, 1.54) is 0 Å². The number of ether oxygens (including phenoxy) is 3. The molecule has 0 saturated carbocycles. The average Bonchev–Trinajstić information content (AvgIpc) is 3.28. The normalized spacial score (nSPS) is 17.6. The van der Waals surface area contributed by atoms with Crippen molar-refractivity contribution >= 4 is 11.8 Å². The van der Waals surface area contributed by atoms with Crippen LogP contribution in [0, 0.1) is 24.5 Å². The fraction of sp³-hybridized carbons (Fsp3) is 0.364. The minimum atomic E-state index is -1.09. The topological polar surface area (TPSA) is 63.4 Å². The minimum Gasteiger partial charge on any atom is -0.500 e. The number of nitrogens with zero attached hydrogens (tertiary/aromatic N) is 4. The molecule has 7 nitrogen and oxygen atoms in total. The number of allylic oxidation sites excluding steroid dienone is 1. The van der Waals surface area contributed by atoms with E-state index in [2.05, 4.69) is 28.4 Å². The number of methoxy groups -OCH3 is 2. The first-order valence-corrected chi connectivity index (χ1v) is 13.5. The third kappa shape index (κ3) is 6.14. The van der Waals surface area contributed by atoms with Crippen LogP contribution in [0.5, 0.6) is 11.5 Å². The van der Waals surface area contributed by atoms with Gasteiger partial charge in [0.15, 0.2) is 0 Å². The van der Waals surface area contributed by atoms with Gasteiger partial charge in [0.2, 0.25) is 5.70 Å². The number of hydrogen-bond acceptors (Lipinski definition) is 5. The molecule has 2 aromatic carbocycles. The molecule has 2 aromatic rings. The summed E-state index contributed by atoms with van der Waals surface area (Å²) in [5, 5.41) is 9.57. The van der Waals surface area contributed by atoms with Crippen molar-refractivity contribution in [2.24, 2.45) is 0 Å². The van der Waals surface area contributed by atoms with Crippen molar-refractivity contribution in [1.82, 2.24) is 0 Å². The Hall–Kier alpha value is -4.67. The van der Waals surface area contributed by atoms with Crippen LogP contribution in [0.1, 0.15) is 57.6 Å². The Morgan fingerprint density at radius 1 is 1.02 bits per heavy atom. The molecule has 7 heteroatoms. The maximum Gasteiger partial charge on any atom is 0.292 e. The third-order valence-electron chi connectivity index (χ3n) is 7.03. The smallest absolute Gasteiger partial charge is 0.292 e. The fourth-order valence-corrected chi connectivity index (χ4v) is 4.77. The maximum absolute atomic E-state index is 9.57. The van der Waals surface area contributed by atoms with Crippen molar-refractivity contribution in [1.29, 1.82) is 5.26 Å². The van der Waals surface area contributed by atoms with Gasteiger partial charge in [-0.1, -0.05) is 63.1 Å². The van der Waals surface area contributed by atoms with Crippen molar-refractivity contribution < 1.29 is 14.2 Å². The minimum absolute atomic E-state index is 0.00438. The van der Waals surface area contributed by atoms with Crippen LogP contribution in [-0.2, 0) is 10.3 Å². The van der Waals surface area contributed by atoms with Crippen LogP contribution in [0.4, 0.5) is 5.69 Å². The first-order valence-electron chi connectivity index (χ1n) is 13.5. The van der Waals surface area contributed by atoms with Gasteiger partial charge in [-0.25, -0.2) is 15.0 Å². The first-order chi connectivity index (χ1) is 19.4. The van der Waals surface area contributed by atoms with Gasteiger partial charge in [-0.15, -0.1) is 0 Å². The zero-order valence-electron chi connectivity index (χ0n) is 24.0. The molecule has 1 atom stereocenters. The van der Waals surface area contributed by atoms with Crippen LogP contribution in [0.2, 0.25) is 0 Å². The summed E-state index contributed by atoms with van der Waals surface area (Å²) in [6, 6.07) is 15.4. The van der Waals surface area contributed by atoms with E-state index in [1.807, 2.05) is 61.5 Å². The summed E-state index contributed by atoms with van der Waals surface area (Å²) in [5.74, 6) is 1.28. The molecule has 0 amide bonds. The number of unbranched alkanes of at least 4 members (excludes halogenated alkanes) is 2. The molecule has 0 spiro atoms. The Morgan fingerprint density at radius 3 is 2.10 bits per heavy atom. The van der Waals surface area contributed by atoms with E-state index in [0.717, 1.165) is 55.6 Å². The predicted octanol–water partition coefficient (Wildman–Crippen LogP) is 7.90. The van der Waals surface area contributed by atoms with Gasteiger partial charge in [0.25, 0.3) is 5.70 Å². The number of benzene rings is 2. The van der Waals surface area contributed by atoms with E-state index in [4.69, 9.17) is 27.4 Å². The lowest BCUT2D eigenvalue weighted by molar-refractivity contribution is 0.0753. The van der Waals surface area contributed by atoms with Gasteiger partial charge in [0.05, 0.1) is 39.0 Å². The van der Waals surface area contributed by atoms with E-state index >= 15 is 0 Å². The molecule has 1 aliphatic rings. The number of rotatable bonds is 12.